The van der Waals surface area contributed by atoms with Crippen LogP contribution < -0.4 is 0 Å². The highest BCUT2D eigenvalue weighted by Crippen LogP contribution is 2.06. The zero-order chi connectivity index (χ0) is 13.0. The number of imidazole rings is 1. The van der Waals surface area contributed by atoms with Crippen LogP contribution in [0.5, 0.6) is 0 Å². The van der Waals surface area contributed by atoms with E-state index in [4.69, 9.17) is 0 Å². The van der Waals surface area contributed by atoms with Crippen LogP contribution in [0.1, 0.15) is 18.7 Å². The van der Waals surface area contributed by atoms with Gasteiger partial charge in [-0.05, 0) is 13.3 Å². The van der Waals surface area contributed by atoms with E-state index in [9.17, 15) is 9.00 Å². The first-order chi connectivity index (χ1) is 8.66. The van der Waals surface area contributed by atoms with E-state index in [1.54, 1.807) is 6.20 Å². The molecule has 0 aliphatic carbocycles. The molecule has 1 saturated heterocycles. The van der Waals surface area contributed by atoms with Crippen LogP contribution >= 0.6 is 0 Å². The zero-order valence-corrected chi connectivity index (χ0v) is 11.5. The monoisotopic (exact) mass is 269 g/mol. The quantitative estimate of drug-likeness (QED) is 0.802. The number of aromatic nitrogens is 2. The van der Waals surface area contributed by atoms with Gasteiger partial charge in [0.25, 0.3) is 0 Å². The molecule has 2 rings (SSSR count). The van der Waals surface area contributed by atoms with Crippen LogP contribution in [0, 0.1) is 6.92 Å². The third-order valence-electron chi connectivity index (χ3n) is 3.24. The highest BCUT2D eigenvalue weighted by Gasteiger charge is 2.19. The van der Waals surface area contributed by atoms with Crippen molar-refractivity contribution in [3.63, 3.8) is 0 Å². The van der Waals surface area contributed by atoms with Gasteiger partial charge in [0, 0.05) is 60.8 Å². The van der Waals surface area contributed by atoms with E-state index in [0.29, 0.717) is 31.0 Å². The molecule has 100 valence electrons. The molecule has 0 aromatic carbocycles. The molecule has 1 aromatic rings. The van der Waals surface area contributed by atoms with Gasteiger partial charge in [-0.15, -0.1) is 0 Å². The van der Waals surface area contributed by atoms with E-state index < -0.39 is 10.8 Å². The largest absolute Gasteiger partial charge is 0.341 e. The summed E-state index contributed by atoms with van der Waals surface area (Å²) in [5, 5.41) is 0. The second-order valence-corrected chi connectivity index (χ2v) is 6.20. The average molecular weight is 269 g/mol. The van der Waals surface area contributed by atoms with Gasteiger partial charge in [-0.25, -0.2) is 4.98 Å². The van der Waals surface area contributed by atoms with Crippen molar-refractivity contribution < 1.29 is 9.00 Å². The molecule has 6 heteroatoms. The first kappa shape index (κ1) is 13.3. The normalized spacial score (nSPS) is 17.1. The average Bonchev–Trinajstić information content (AvgIpc) is 2.76. The topological polar surface area (TPSA) is 55.2 Å². The molecule has 0 radical (unpaired) electrons. The Labute approximate surface area is 110 Å². The zero-order valence-electron chi connectivity index (χ0n) is 10.7. The minimum Gasteiger partial charge on any atom is -0.341 e. The SMILES string of the molecule is Cc1nccn1CCCC(=O)N1CCS(=O)CC1. The second kappa shape index (κ2) is 6.13. The molecule has 5 nitrogen and oxygen atoms in total. The number of aryl methyl sites for hydroxylation is 2. The van der Waals surface area contributed by atoms with Gasteiger partial charge in [-0.1, -0.05) is 0 Å². The fourth-order valence-electron chi connectivity index (χ4n) is 2.09. The van der Waals surface area contributed by atoms with Gasteiger partial charge < -0.3 is 9.47 Å². The molecule has 1 aliphatic heterocycles. The van der Waals surface area contributed by atoms with Crippen molar-refractivity contribution in [2.45, 2.75) is 26.3 Å². The summed E-state index contributed by atoms with van der Waals surface area (Å²) in [7, 11) is -0.717. The van der Waals surface area contributed by atoms with Crippen molar-refractivity contribution in [3.8, 4) is 0 Å². The van der Waals surface area contributed by atoms with E-state index in [-0.39, 0.29) is 5.91 Å². The number of carbonyl (C=O) groups excluding carboxylic acids is 1. The summed E-state index contributed by atoms with van der Waals surface area (Å²) in [5.41, 5.74) is 0. The van der Waals surface area contributed by atoms with E-state index >= 15 is 0 Å². The van der Waals surface area contributed by atoms with Crippen LogP contribution in [0.3, 0.4) is 0 Å². The molecule has 18 heavy (non-hydrogen) atoms. The fourth-order valence-corrected chi connectivity index (χ4v) is 3.14. The van der Waals surface area contributed by atoms with Crippen molar-refractivity contribution in [3.05, 3.63) is 18.2 Å². The standard InChI is InChI=1S/C12H19N3O2S/c1-11-13-4-6-14(11)5-2-3-12(16)15-7-9-18(17)10-8-15/h4,6H,2-3,5,7-10H2,1H3. The van der Waals surface area contributed by atoms with Crippen LogP contribution in [0.15, 0.2) is 12.4 Å². The Hall–Kier alpha value is -1.17. The van der Waals surface area contributed by atoms with E-state index in [1.807, 2.05) is 18.0 Å². The van der Waals surface area contributed by atoms with Gasteiger partial charge >= 0.3 is 0 Å². The number of hydrogen-bond donors (Lipinski definition) is 0. The highest BCUT2D eigenvalue weighted by molar-refractivity contribution is 7.85. The Morgan fingerprint density at radius 2 is 2.17 bits per heavy atom. The van der Waals surface area contributed by atoms with Crippen molar-refractivity contribution in [2.24, 2.45) is 0 Å². The maximum Gasteiger partial charge on any atom is 0.222 e. The predicted octanol–water partition coefficient (Wildman–Crippen LogP) is 0.563. The van der Waals surface area contributed by atoms with E-state index in [1.165, 1.54) is 0 Å². The van der Waals surface area contributed by atoms with Crippen molar-refractivity contribution in [1.82, 2.24) is 14.5 Å². The van der Waals surface area contributed by atoms with Gasteiger partial charge in [0.05, 0.1) is 0 Å². The van der Waals surface area contributed by atoms with Crippen molar-refractivity contribution in [1.29, 1.82) is 0 Å². The number of hydrogen-bond acceptors (Lipinski definition) is 3. The second-order valence-electron chi connectivity index (χ2n) is 4.50. The summed E-state index contributed by atoms with van der Waals surface area (Å²) in [4.78, 5) is 17.9. The van der Waals surface area contributed by atoms with Crippen LogP contribution in [-0.4, -0.2) is 49.2 Å². The van der Waals surface area contributed by atoms with E-state index in [0.717, 1.165) is 18.8 Å². The molecule has 0 atom stereocenters. The van der Waals surface area contributed by atoms with Crippen LogP contribution in [0.4, 0.5) is 0 Å². The van der Waals surface area contributed by atoms with Crippen LogP contribution in [0.25, 0.3) is 0 Å². The molecule has 0 spiro atoms. The smallest absolute Gasteiger partial charge is 0.222 e. The van der Waals surface area contributed by atoms with Crippen molar-refractivity contribution >= 4 is 16.7 Å². The summed E-state index contributed by atoms with van der Waals surface area (Å²) in [5.74, 6) is 2.43. The Morgan fingerprint density at radius 3 is 2.78 bits per heavy atom. The van der Waals surface area contributed by atoms with Crippen LogP contribution in [0.2, 0.25) is 0 Å². The number of amides is 1. The Bertz CT molecular complexity index is 434. The molecule has 1 amide bonds. The van der Waals surface area contributed by atoms with E-state index in [2.05, 4.69) is 9.55 Å². The first-order valence-electron chi connectivity index (χ1n) is 6.27. The minimum absolute atomic E-state index is 0.185. The molecule has 2 heterocycles. The lowest BCUT2D eigenvalue weighted by Gasteiger charge is -2.26. The molecule has 0 unspecified atom stereocenters. The van der Waals surface area contributed by atoms with Gasteiger partial charge in [0.2, 0.25) is 5.91 Å². The predicted molar refractivity (Wildman–Crippen MR) is 70.7 cm³/mol. The van der Waals surface area contributed by atoms with Gasteiger partial charge in [0.15, 0.2) is 0 Å². The molecular weight excluding hydrogens is 250 g/mol. The first-order valence-corrected chi connectivity index (χ1v) is 7.76. The Kier molecular flexibility index (Phi) is 4.52. The molecule has 0 N–H and O–H groups in total. The molecule has 1 aromatic heterocycles. The third-order valence-corrected chi connectivity index (χ3v) is 4.52. The summed E-state index contributed by atoms with van der Waals surface area (Å²) in [6, 6.07) is 0. The maximum atomic E-state index is 11.9. The lowest BCUT2D eigenvalue weighted by molar-refractivity contribution is -0.131. The Morgan fingerprint density at radius 1 is 1.44 bits per heavy atom. The highest BCUT2D eigenvalue weighted by atomic mass is 32.2. The van der Waals surface area contributed by atoms with Gasteiger partial charge in [0.1, 0.15) is 5.82 Å². The number of rotatable bonds is 4. The van der Waals surface area contributed by atoms with Crippen molar-refractivity contribution in [2.75, 3.05) is 24.6 Å². The summed E-state index contributed by atoms with van der Waals surface area (Å²) < 4.78 is 13.3. The Balaban J connectivity index is 1.72. The summed E-state index contributed by atoms with van der Waals surface area (Å²) >= 11 is 0. The van der Waals surface area contributed by atoms with Gasteiger partial charge in [-0.3, -0.25) is 9.00 Å². The number of nitrogens with zero attached hydrogens (tertiary/aromatic N) is 3. The lowest BCUT2D eigenvalue weighted by atomic mass is 10.2. The lowest BCUT2D eigenvalue weighted by Crippen LogP contribution is -2.41. The van der Waals surface area contributed by atoms with Gasteiger partial charge in [-0.2, -0.15) is 0 Å². The molecule has 0 bridgehead atoms. The minimum atomic E-state index is -0.717. The van der Waals surface area contributed by atoms with Crippen LogP contribution in [-0.2, 0) is 22.1 Å². The maximum absolute atomic E-state index is 11.9. The number of carbonyl (C=O) groups is 1. The molecule has 0 saturated carbocycles. The summed E-state index contributed by atoms with van der Waals surface area (Å²) in [6.07, 6.45) is 5.10. The third kappa shape index (κ3) is 3.41. The summed E-state index contributed by atoms with van der Waals surface area (Å²) in [6.45, 7) is 4.09. The molecular formula is C12H19N3O2S. The molecule has 1 fully saturated rings. The molecule has 1 aliphatic rings. The fraction of sp³-hybridized carbons (Fsp3) is 0.667.